The Morgan fingerprint density at radius 1 is 0.872 bits per heavy atom. The number of aliphatic hydroxyl groups excluding tert-OH is 1. The predicted octanol–water partition coefficient (Wildman–Crippen LogP) is 9.25. The Hall–Kier alpha value is -1.61. The van der Waals surface area contributed by atoms with E-state index in [1.54, 1.807) is 6.92 Å². The van der Waals surface area contributed by atoms with Gasteiger partial charge in [0.05, 0.1) is 6.61 Å². The summed E-state index contributed by atoms with van der Waals surface area (Å²) in [5.74, 6) is 3.64. The predicted molar refractivity (Wildman–Crippen MR) is 164 cm³/mol. The van der Waals surface area contributed by atoms with Crippen LogP contribution >= 0.6 is 0 Å². The van der Waals surface area contributed by atoms with Crippen molar-refractivity contribution in [1.82, 2.24) is 0 Å². The van der Waals surface area contributed by atoms with Gasteiger partial charge in [0.1, 0.15) is 0 Å². The molecule has 0 bridgehead atoms. The first kappa shape index (κ1) is 31.9. The van der Waals surface area contributed by atoms with Gasteiger partial charge in [-0.15, -0.1) is 0 Å². The first-order valence-corrected chi connectivity index (χ1v) is 16.5. The number of carbonyl (C=O) groups excluding carboxylic acids is 1. The molecule has 0 amide bonds. The number of benzene rings is 1. The molecule has 0 aliphatic heterocycles. The average molecular weight is 539 g/mol. The summed E-state index contributed by atoms with van der Waals surface area (Å²) < 4.78 is 5.35. The highest BCUT2D eigenvalue weighted by Crippen LogP contribution is 2.44. The number of aliphatic hydroxyl groups is 1. The van der Waals surface area contributed by atoms with Crippen molar-refractivity contribution in [3.8, 4) is 0 Å². The summed E-state index contributed by atoms with van der Waals surface area (Å²) in [4.78, 5) is 11.7. The van der Waals surface area contributed by atoms with Gasteiger partial charge in [-0.2, -0.15) is 0 Å². The van der Waals surface area contributed by atoms with Crippen LogP contribution in [0.1, 0.15) is 128 Å². The number of hydrogen-bond acceptors (Lipinski definition) is 3. The van der Waals surface area contributed by atoms with Gasteiger partial charge < -0.3 is 9.84 Å². The minimum absolute atomic E-state index is 0.231. The number of aryl methyl sites for hydroxylation is 2. The van der Waals surface area contributed by atoms with Gasteiger partial charge in [0.15, 0.2) is 0 Å². The first-order valence-electron chi connectivity index (χ1n) is 16.5. The van der Waals surface area contributed by atoms with E-state index in [4.69, 9.17) is 4.74 Å². The van der Waals surface area contributed by atoms with Crippen LogP contribution in [0, 0.1) is 29.6 Å². The smallest absolute Gasteiger partial charge is 0.333 e. The van der Waals surface area contributed by atoms with E-state index in [9.17, 15) is 9.90 Å². The van der Waals surface area contributed by atoms with Crippen molar-refractivity contribution in [2.45, 2.75) is 129 Å². The van der Waals surface area contributed by atoms with Crippen molar-refractivity contribution in [3.63, 3.8) is 0 Å². The molecule has 3 nitrogen and oxygen atoms in total. The monoisotopic (exact) mass is 538 g/mol. The van der Waals surface area contributed by atoms with Crippen LogP contribution in [-0.4, -0.2) is 24.3 Å². The van der Waals surface area contributed by atoms with E-state index in [2.05, 4.69) is 37.8 Å². The van der Waals surface area contributed by atoms with Crippen molar-refractivity contribution in [2.24, 2.45) is 29.6 Å². The number of rotatable bonds is 17. The van der Waals surface area contributed by atoms with Gasteiger partial charge in [0, 0.05) is 12.2 Å². The van der Waals surface area contributed by atoms with Gasteiger partial charge in [-0.05, 0) is 125 Å². The van der Waals surface area contributed by atoms with Crippen molar-refractivity contribution >= 4 is 5.97 Å². The van der Waals surface area contributed by atoms with E-state index < -0.39 is 0 Å². The van der Waals surface area contributed by atoms with E-state index in [0.717, 1.165) is 30.6 Å². The molecule has 2 fully saturated rings. The van der Waals surface area contributed by atoms with Gasteiger partial charge in [-0.3, -0.25) is 0 Å². The van der Waals surface area contributed by atoms with Crippen LogP contribution in [-0.2, 0) is 22.4 Å². The third-order valence-corrected chi connectivity index (χ3v) is 10.0. The summed E-state index contributed by atoms with van der Waals surface area (Å²) in [6.07, 6.45) is 23.3. The Kier molecular flexibility index (Phi) is 14.7. The van der Waals surface area contributed by atoms with Crippen molar-refractivity contribution in [2.75, 3.05) is 13.2 Å². The molecule has 1 N–H and O–H groups in total. The molecule has 0 radical (unpaired) electrons. The lowest BCUT2D eigenvalue weighted by Crippen LogP contribution is -2.29. The zero-order valence-electron chi connectivity index (χ0n) is 25.3. The molecule has 0 aromatic heterocycles. The Morgan fingerprint density at radius 2 is 1.44 bits per heavy atom. The Bertz CT molecular complexity index is 812. The van der Waals surface area contributed by atoms with Gasteiger partial charge in [-0.25, -0.2) is 4.79 Å². The van der Waals surface area contributed by atoms with Crippen molar-refractivity contribution in [1.29, 1.82) is 0 Å². The summed E-state index contributed by atoms with van der Waals surface area (Å²) in [7, 11) is 0. The molecule has 2 saturated carbocycles. The molecular formula is C36H58O3. The highest BCUT2D eigenvalue weighted by atomic mass is 16.5. The van der Waals surface area contributed by atoms with E-state index in [1.807, 2.05) is 0 Å². The first-order chi connectivity index (χ1) is 19.0. The maximum absolute atomic E-state index is 11.7. The second-order valence-electron chi connectivity index (χ2n) is 13.0. The quantitative estimate of drug-likeness (QED) is 0.122. The van der Waals surface area contributed by atoms with Gasteiger partial charge in [-0.1, -0.05) is 76.3 Å². The summed E-state index contributed by atoms with van der Waals surface area (Å²) in [6.45, 7) is 8.31. The summed E-state index contributed by atoms with van der Waals surface area (Å²) in [5, 5.41) is 9.60. The van der Waals surface area contributed by atoms with Crippen LogP contribution < -0.4 is 0 Å². The minimum Gasteiger partial charge on any atom is -0.462 e. The third kappa shape index (κ3) is 11.4. The number of hydrogen-bond donors (Lipinski definition) is 1. The van der Waals surface area contributed by atoms with E-state index in [1.165, 1.54) is 114 Å². The second kappa shape index (κ2) is 17.9. The Labute approximate surface area is 240 Å². The van der Waals surface area contributed by atoms with Crippen LogP contribution in [0.2, 0.25) is 0 Å². The molecule has 1 aromatic rings. The molecule has 1 atom stereocenters. The summed E-state index contributed by atoms with van der Waals surface area (Å²) in [6, 6.07) is 9.44. The highest BCUT2D eigenvalue weighted by Gasteiger charge is 2.33. The van der Waals surface area contributed by atoms with Gasteiger partial charge in [0.2, 0.25) is 0 Å². The zero-order chi connectivity index (χ0) is 27.9. The molecule has 0 spiro atoms. The normalized spacial score (nSPS) is 24.3. The van der Waals surface area contributed by atoms with Crippen molar-refractivity contribution < 1.29 is 14.6 Å². The summed E-state index contributed by atoms with van der Waals surface area (Å²) in [5.41, 5.74) is 3.48. The molecule has 39 heavy (non-hydrogen) atoms. The molecule has 0 saturated heterocycles. The fourth-order valence-electron chi connectivity index (χ4n) is 7.46. The van der Waals surface area contributed by atoms with Crippen LogP contribution in [0.3, 0.4) is 0 Å². The molecular weight excluding hydrogens is 480 g/mol. The molecule has 1 aromatic carbocycles. The lowest BCUT2D eigenvalue weighted by Gasteiger charge is -2.40. The number of esters is 1. The van der Waals surface area contributed by atoms with E-state index in [0.29, 0.717) is 24.0 Å². The van der Waals surface area contributed by atoms with Crippen molar-refractivity contribution in [3.05, 3.63) is 47.5 Å². The highest BCUT2D eigenvalue weighted by molar-refractivity contribution is 5.86. The topological polar surface area (TPSA) is 46.5 Å². The van der Waals surface area contributed by atoms with Crippen LogP contribution in [0.15, 0.2) is 36.4 Å². The number of carbonyl (C=O) groups is 1. The van der Waals surface area contributed by atoms with Crippen LogP contribution in [0.5, 0.6) is 0 Å². The Morgan fingerprint density at radius 3 is 1.97 bits per heavy atom. The fourth-order valence-corrected chi connectivity index (χ4v) is 7.46. The third-order valence-electron chi connectivity index (χ3n) is 10.0. The van der Waals surface area contributed by atoms with E-state index >= 15 is 0 Å². The van der Waals surface area contributed by atoms with Crippen LogP contribution in [0.4, 0.5) is 0 Å². The maximum Gasteiger partial charge on any atom is 0.333 e. The molecule has 220 valence electrons. The Balaban J connectivity index is 1.28. The number of ether oxygens (including phenoxy) is 1. The molecule has 2 aliphatic rings. The molecule has 0 heterocycles. The van der Waals surface area contributed by atoms with Crippen LogP contribution in [0.25, 0.3) is 0 Å². The molecule has 3 rings (SSSR count). The maximum atomic E-state index is 11.7. The molecule has 3 heteroatoms. The second-order valence-corrected chi connectivity index (χ2v) is 13.0. The van der Waals surface area contributed by atoms with Gasteiger partial charge >= 0.3 is 5.97 Å². The lowest BCUT2D eigenvalue weighted by molar-refractivity contribution is -0.139. The molecule has 2 aliphatic carbocycles. The lowest BCUT2D eigenvalue weighted by atomic mass is 9.66. The summed E-state index contributed by atoms with van der Waals surface area (Å²) >= 11 is 0. The zero-order valence-corrected chi connectivity index (χ0v) is 25.3. The molecule has 1 unspecified atom stereocenters. The average Bonchev–Trinajstić information content (AvgIpc) is 2.96. The fraction of sp³-hybridized carbons (Fsp3) is 0.750. The van der Waals surface area contributed by atoms with Gasteiger partial charge in [0.25, 0.3) is 0 Å². The standard InChI is InChI=1S/C36H58O3/c1-4-5-6-9-29-12-14-30(15-13-29)10-7-8-11-31-16-18-32(19-17-31)33-20-22-34(23-21-33)35(24-26-37)25-27-39-36(38)28(2)3/h12-15,31-35,37H,2,4-11,16-27H2,1,3H3. The minimum atomic E-state index is -0.292. The SMILES string of the molecule is C=C(C)C(=O)OCCC(CCO)C1CCC(C2CCC(CCCCc3ccc(CCCCC)cc3)CC2)CC1. The largest absolute Gasteiger partial charge is 0.462 e. The number of unbranched alkanes of at least 4 members (excludes halogenated alkanes) is 3. The van der Waals surface area contributed by atoms with E-state index in [-0.39, 0.29) is 12.6 Å².